The second kappa shape index (κ2) is 7.67. The third-order valence-electron chi connectivity index (χ3n) is 3.91. The minimum absolute atomic E-state index is 0.0298. The van der Waals surface area contributed by atoms with Crippen molar-refractivity contribution in [3.05, 3.63) is 64.2 Å². The Morgan fingerprint density at radius 3 is 2.15 bits per heavy atom. The van der Waals surface area contributed by atoms with Gasteiger partial charge < -0.3 is 9.47 Å². The molecule has 0 bridgehead atoms. The number of aryl methyl sites for hydroxylation is 1. The van der Waals surface area contributed by atoms with Crippen LogP contribution in [0.4, 0.5) is 0 Å². The summed E-state index contributed by atoms with van der Waals surface area (Å²) in [5.74, 6) is -1.13. The number of rotatable bonds is 5. The van der Waals surface area contributed by atoms with Gasteiger partial charge in [-0.3, -0.25) is 0 Å². The average molecular weight is 377 g/mol. The second-order valence-electron chi connectivity index (χ2n) is 5.73. The van der Waals surface area contributed by atoms with Crippen LogP contribution in [0.25, 0.3) is 0 Å². The van der Waals surface area contributed by atoms with Crippen LogP contribution < -0.4 is 5.14 Å². The minimum Gasteiger partial charge on any atom is -0.465 e. The van der Waals surface area contributed by atoms with Crippen molar-refractivity contribution in [3.8, 4) is 0 Å². The molecule has 2 aromatic rings. The molecule has 0 unspecified atom stereocenters. The van der Waals surface area contributed by atoms with Crippen LogP contribution in [-0.2, 0) is 26.1 Å². The molecule has 2 N–H and O–H groups in total. The van der Waals surface area contributed by atoms with Gasteiger partial charge in [0.25, 0.3) is 0 Å². The molecule has 0 aliphatic rings. The normalized spacial score (nSPS) is 11.1. The lowest BCUT2D eigenvalue weighted by Crippen LogP contribution is -2.16. The summed E-state index contributed by atoms with van der Waals surface area (Å²) in [4.78, 5) is 23.5. The molecule has 2 rings (SSSR count). The van der Waals surface area contributed by atoms with Crippen LogP contribution in [-0.4, -0.2) is 27.5 Å². The van der Waals surface area contributed by atoms with Crippen molar-refractivity contribution in [2.24, 2.45) is 5.14 Å². The highest BCUT2D eigenvalue weighted by Crippen LogP contribution is 2.21. The summed E-state index contributed by atoms with van der Waals surface area (Å²) in [6.07, 6.45) is 0. The van der Waals surface area contributed by atoms with Crippen molar-refractivity contribution in [3.63, 3.8) is 0 Å². The molecule has 26 heavy (non-hydrogen) atoms. The van der Waals surface area contributed by atoms with Gasteiger partial charge in [-0.1, -0.05) is 12.1 Å². The van der Waals surface area contributed by atoms with Gasteiger partial charge in [0.2, 0.25) is 10.0 Å². The fraction of sp³-hybridized carbons (Fsp3) is 0.222. The van der Waals surface area contributed by atoms with Crippen LogP contribution in [0.5, 0.6) is 0 Å². The number of primary sulfonamides is 1. The van der Waals surface area contributed by atoms with E-state index in [2.05, 4.69) is 4.74 Å². The zero-order valence-electron chi connectivity index (χ0n) is 14.6. The van der Waals surface area contributed by atoms with Gasteiger partial charge in [-0.15, -0.1) is 0 Å². The van der Waals surface area contributed by atoms with E-state index in [1.165, 1.54) is 13.2 Å². The molecule has 0 heterocycles. The van der Waals surface area contributed by atoms with E-state index in [9.17, 15) is 18.0 Å². The standard InChI is InChI=1S/C18H19NO6S/c1-11-8-15(9-16(12(11)2)26(19,22)23)18(21)25-10-13-4-6-14(7-5-13)17(20)24-3/h4-9H,10H2,1-3H3,(H2,19,22,23). The topological polar surface area (TPSA) is 113 Å². The van der Waals surface area contributed by atoms with E-state index in [1.807, 2.05) is 0 Å². The number of sulfonamides is 1. The number of hydrogen-bond acceptors (Lipinski definition) is 6. The number of nitrogens with two attached hydrogens (primary N) is 1. The molecule has 7 nitrogen and oxygen atoms in total. The molecule has 0 saturated heterocycles. The molecule has 0 atom stereocenters. The number of hydrogen-bond donors (Lipinski definition) is 1. The molecule has 0 amide bonds. The molecule has 0 spiro atoms. The van der Waals surface area contributed by atoms with E-state index in [-0.39, 0.29) is 17.1 Å². The van der Waals surface area contributed by atoms with Gasteiger partial charge in [0.05, 0.1) is 23.1 Å². The van der Waals surface area contributed by atoms with Crippen molar-refractivity contribution < 1.29 is 27.5 Å². The summed E-state index contributed by atoms with van der Waals surface area (Å²) >= 11 is 0. The lowest BCUT2D eigenvalue weighted by Gasteiger charge is -2.11. The predicted octanol–water partition coefficient (Wildman–Crippen LogP) is 2.09. The molecule has 0 saturated carbocycles. The highest BCUT2D eigenvalue weighted by atomic mass is 32.2. The number of ether oxygens (including phenoxy) is 2. The monoisotopic (exact) mass is 377 g/mol. The van der Waals surface area contributed by atoms with Crippen LogP contribution in [0.3, 0.4) is 0 Å². The molecule has 0 fully saturated rings. The summed E-state index contributed by atoms with van der Waals surface area (Å²) in [6, 6.07) is 9.15. The van der Waals surface area contributed by atoms with Gasteiger partial charge in [-0.25, -0.2) is 23.1 Å². The van der Waals surface area contributed by atoms with Crippen LogP contribution in [0.2, 0.25) is 0 Å². The molecule has 138 valence electrons. The Morgan fingerprint density at radius 1 is 1.00 bits per heavy atom. The quantitative estimate of drug-likeness (QED) is 0.799. The lowest BCUT2D eigenvalue weighted by atomic mass is 10.1. The Hall–Kier alpha value is -2.71. The van der Waals surface area contributed by atoms with Crippen LogP contribution in [0, 0.1) is 13.8 Å². The lowest BCUT2D eigenvalue weighted by molar-refractivity contribution is 0.0471. The molecule has 0 aromatic heterocycles. The van der Waals surface area contributed by atoms with Gasteiger partial charge in [-0.05, 0) is 54.8 Å². The van der Waals surface area contributed by atoms with Gasteiger partial charge in [0.1, 0.15) is 6.61 Å². The maximum absolute atomic E-state index is 12.3. The highest BCUT2D eigenvalue weighted by Gasteiger charge is 2.18. The first-order chi connectivity index (χ1) is 12.1. The van der Waals surface area contributed by atoms with Crippen LogP contribution >= 0.6 is 0 Å². The van der Waals surface area contributed by atoms with Crippen LogP contribution in [0.15, 0.2) is 41.3 Å². The fourth-order valence-electron chi connectivity index (χ4n) is 2.33. The van der Waals surface area contributed by atoms with E-state index in [0.29, 0.717) is 22.3 Å². The smallest absolute Gasteiger partial charge is 0.338 e. The molecule has 2 aromatic carbocycles. The zero-order chi connectivity index (χ0) is 19.5. The molecular weight excluding hydrogens is 358 g/mol. The number of carbonyl (C=O) groups is 2. The summed E-state index contributed by atoms with van der Waals surface area (Å²) < 4.78 is 33.1. The Balaban J connectivity index is 2.16. The first kappa shape index (κ1) is 19.6. The maximum Gasteiger partial charge on any atom is 0.338 e. The Bertz CT molecular complexity index is 948. The summed E-state index contributed by atoms with van der Waals surface area (Å²) in [6.45, 7) is 3.28. The number of carbonyl (C=O) groups excluding carboxylic acids is 2. The summed E-state index contributed by atoms with van der Waals surface area (Å²) in [5, 5.41) is 5.19. The third-order valence-corrected chi connectivity index (χ3v) is 4.94. The number of methoxy groups -OCH3 is 1. The van der Waals surface area contributed by atoms with Gasteiger partial charge in [0, 0.05) is 0 Å². The maximum atomic E-state index is 12.3. The van der Waals surface area contributed by atoms with Crippen molar-refractivity contribution in [1.29, 1.82) is 0 Å². The van der Waals surface area contributed by atoms with E-state index < -0.39 is 22.0 Å². The summed E-state index contributed by atoms with van der Waals surface area (Å²) in [5.41, 5.74) is 2.26. The van der Waals surface area contributed by atoms with Crippen molar-refractivity contribution in [2.45, 2.75) is 25.3 Å². The highest BCUT2D eigenvalue weighted by molar-refractivity contribution is 7.89. The van der Waals surface area contributed by atoms with Crippen LogP contribution in [0.1, 0.15) is 37.4 Å². The van der Waals surface area contributed by atoms with E-state index >= 15 is 0 Å². The molecule has 0 aliphatic carbocycles. The fourth-order valence-corrected chi connectivity index (χ4v) is 3.21. The molecule has 0 aliphatic heterocycles. The van der Waals surface area contributed by atoms with E-state index in [0.717, 1.165) is 0 Å². The van der Waals surface area contributed by atoms with E-state index in [1.54, 1.807) is 44.2 Å². The predicted molar refractivity (Wildman–Crippen MR) is 94.2 cm³/mol. The Labute approximate surface area is 151 Å². The second-order valence-corrected chi connectivity index (χ2v) is 7.26. The largest absolute Gasteiger partial charge is 0.465 e. The van der Waals surface area contributed by atoms with Crippen molar-refractivity contribution >= 4 is 22.0 Å². The Kier molecular flexibility index (Phi) is 5.79. The zero-order valence-corrected chi connectivity index (χ0v) is 15.4. The first-order valence-electron chi connectivity index (χ1n) is 7.62. The summed E-state index contributed by atoms with van der Waals surface area (Å²) in [7, 11) is -2.66. The SMILES string of the molecule is COC(=O)c1ccc(COC(=O)c2cc(C)c(C)c(S(N)(=O)=O)c2)cc1. The Morgan fingerprint density at radius 2 is 1.62 bits per heavy atom. The van der Waals surface area contributed by atoms with E-state index in [4.69, 9.17) is 9.88 Å². The number of esters is 2. The van der Waals surface area contributed by atoms with Crippen molar-refractivity contribution in [2.75, 3.05) is 7.11 Å². The van der Waals surface area contributed by atoms with Gasteiger partial charge in [-0.2, -0.15) is 0 Å². The van der Waals surface area contributed by atoms with Crippen molar-refractivity contribution in [1.82, 2.24) is 0 Å². The third kappa shape index (κ3) is 4.47. The average Bonchev–Trinajstić information content (AvgIpc) is 2.60. The minimum atomic E-state index is -3.95. The number of benzene rings is 2. The van der Waals surface area contributed by atoms with Gasteiger partial charge in [0.15, 0.2) is 0 Å². The molecule has 0 radical (unpaired) electrons. The molecular formula is C18H19NO6S. The molecule has 8 heteroatoms. The van der Waals surface area contributed by atoms with Gasteiger partial charge >= 0.3 is 11.9 Å². The first-order valence-corrected chi connectivity index (χ1v) is 9.16.